The number of nitrogens with two attached hydrogens (primary N) is 1. The van der Waals surface area contributed by atoms with E-state index < -0.39 is 0 Å². The third kappa shape index (κ3) is 4.53. The molecule has 1 atom stereocenters. The van der Waals surface area contributed by atoms with Gasteiger partial charge in [-0.25, -0.2) is 19.3 Å². The second-order valence-corrected chi connectivity index (χ2v) is 8.39. The Labute approximate surface area is 191 Å². The first kappa shape index (κ1) is 21.0. The number of halogens is 1. The number of anilines is 1. The summed E-state index contributed by atoms with van der Waals surface area (Å²) in [6.45, 7) is 1.32. The van der Waals surface area contributed by atoms with Crippen molar-refractivity contribution in [2.24, 2.45) is 0 Å². The number of piperidine rings is 1. The molecule has 1 amide bonds. The average Bonchev–Trinajstić information content (AvgIpc) is 2.85. The maximum atomic E-state index is 13.2. The highest BCUT2D eigenvalue weighted by Gasteiger charge is 2.26. The second kappa shape index (κ2) is 8.94. The summed E-state index contributed by atoms with van der Waals surface area (Å²) in [5.41, 5.74) is 9.36. The lowest BCUT2D eigenvalue weighted by Crippen LogP contribution is -2.40. The number of benzene rings is 2. The van der Waals surface area contributed by atoms with Crippen LogP contribution in [0, 0.1) is 5.82 Å². The van der Waals surface area contributed by atoms with Gasteiger partial charge in [-0.05, 0) is 42.7 Å². The van der Waals surface area contributed by atoms with Gasteiger partial charge < -0.3 is 10.6 Å². The zero-order valence-electron chi connectivity index (χ0n) is 18.1. The Hall–Kier alpha value is -3.87. The maximum absolute atomic E-state index is 13.2. The number of fused-ring (bicyclic) bond motifs is 1. The van der Waals surface area contributed by atoms with Crippen molar-refractivity contribution >= 4 is 22.8 Å². The van der Waals surface area contributed by atoms with Crippen LogP contribution in [0.5, 0.6) is 0 Å². The topological polar surface area (TPSA) is 85.0 Å². The molecule has 5 rings (SSSR count). The summed E-state index contributed by atoms with van der Waals surface area (Å²) >= 11 is 0. The number of aromatic nitrogens is 3. The number of carbonyl (C=O) groups excluding carboxylic acids is 1. The van der Waals surface area contributed by atoms with Gasteiger partial charge in [-0.15, -0.1) is 0 Å². The van der Waals surface area contributed by atoms with Gasteiger partial charge in [-0.3, -0.25) is 4.79 Å². The van der Waals surface area contributed by atoms with Crippen molar-refractivity contribution in [2.75, 3.05) is 18.8 Å². The zero-order chi connectivity index (χ0) is 22.8. The minimum absolute atomic E-state index is 0.0463. The Balaban J connectivity index is 1.37. The van der Waals surface area contributed by atoms with Crippen LogP contribution in [0.1, 0.15) is 30.0 Å². The highest BCUT2D eigenvalue weighted by molar-refractivity contribution is 5.87. The molecule has 0 aliphatic carbocycles. The van der Waals surface area contributed by atoms with Gasteiger partial charge in [0.05, 0.1) is 11.8 Å². The summed E-state index contributed by atoms with van der Waals surface area (Å²) in [6.07, 6.45) is 2.12. The van der Waals surface area contributed by atoms with E-state index in [4.69, 9.17) is 10.7 Å². The number of hydrogen-bond donors (Lipinski definition) is 1. The second-order valence-electron chi connectivity index (χ2n) is 8.39. The average molecular weight is 442 g/mol. The van der Waals surface area contributed by atoms with Crippen LogP contribution in [0.4, 0.5) is 10.2 Å². The van der Waals surface area contributed by atoms with Crippen molar-refractivity contribution in [1.82, 2.24) is 19.9 Å². The Morgan fingerprint density at radius 2 is 1.79 bits per heavy atom. The van der Waals surface area contributed by atoms with Crippen molar-refractivity contribution in [3.05, 3.63) is 83.8 Å². The first-order chi connectivity index (χ1) is 16.1. The van der Waals surface area contributed by atoms with E-state index in [1.807, 2.05) is 47.4 Å². The van der Waals surface area contributed by atoms with Gasteiger partial charge in [0.1, 0.15) is 11.6 Å². The van der Waals surface area contributed by atoms with E-state index in [0.29, 0.717) is 23.8 Å². The van der Waals surface area contributed by atoms with Gasteiger partial charge in [0.25, 0.3) is 0 Å². The van der Waals surface area contributed by atoms with Crippen molar-refractivity contribution in [2.45, 2.75) is 25.2 Å². The van der Waals surface area contributed by atoms with Crippen molar-refractivity contribution < 1.29 is 9.18 Å². The third-order valence-electron chi connectivity index (χ3n) is 6.10. The van der Waals surface area contributed by atoms with Gasteiger partial charge >= 0.3 is 0 Å². The minimum Gasteiger partial charge on any atom is -0.383 e. The van der Waals surface area contributed by atoms with Crippen LogP contribution in [0.15, 0.2) is 66.7 Å². The standard InChI is InChI=1S/C26H24FN5O/c27-20-10-8-17(9-11-20)15-23(33)32-14-4-7-19(16-32)22-13-12-21-24(28)30-25(31-26(21)29-22)18-5-2-1-3-6-18/h1-3,5-6,8-13,19H,4,7,14-16H2,(H2,28,29,30,31)/t19-/m1/s1. The minimum atomic E-state index is -0.300. The van der Waals surface area contributed by atoms with E-state index in [1.54, 1.807) is 12.1 Å². The molecule has 3 heterocycles. The maximum Gasteiger partial charge on any atom is 0.227 e. The lowest BCUT2D eigenvalue weighted by molar-refractivity contribution is -0.131. The molecule has 0 saturated carbocycles. The Kier molecular flexibility index (Phi) is 5.69. The molecule has 166 valence electrons. The molecular formula is C26H24FN5O. The van der Waals surface area contributed by atoms with Gasteiger partial charge in [0.15, 0.2) is 11.5 Å². The van der Waals surface area contributed by atoms with Crippen LogP contribution in [0.2, 0.25) is 0 Å². The molecule has 0 radical (unpaired) electrons. The number of nitrogens with zero attached hydrogens (tertiary/aromatic N) is 4. The first-order valence-corrected chi connectivity index (χ1v) is 11.1. The number of nitrogen functional groups attached to an aromatic ring is 1. The van der Waals surface area contributed by atoms with Crippen molar-refractivity contribution in [1.29, 1.82) is 0 Å². The largest absolute Gasteiger partial charge is 0.383 e. The fourth-order valence-corrected chi connectivity index (χ4v) is 4.33. The predicted molar refractivity (Wildman–Crippen MR) is 126 cm³/mol. The van der Waals surface area contributed by atoms with E-state index in [2.05, 4.69) is 9.97 Å². The van der Waals surface area contributed by atoms with E-state index in [0.717, 1.165) is 41.6 Å². The molecule has 2 aromatic carbocycles. The van der Waals surface area contributed by atoms with E-state index in [1.165, 1.54) is 12.1 Å². The molecular weight excluding hydrogens is 417 g/mol. The summed E-state index contributed by atoms with van der Waals surface area (Å²) in [5.74, 6) is 0.816. The molecule has 0 unspecified atom stereocenters. The summed E-state index contributed by atoms with van der Waals surface area (Å²) in [6, 6.07) is 19.7. The molecule has 1 aliphatic rings. The monoisotopic (exact) mass is 441 g/mol. The van der Waals surface area contributed by atoms with Gasteiger partial charge in [-0.1, -0.05) is 42.5 Å². The van der Waals surface area contributed by atoms with Gasteiger partial charge in [0, 0.05) is 30.3 Å². The molecule has 33 heavy (non-hydrogen) atoms. The summed E-state index contributed by atoms with van der Waals surface area (Å²) in [7, 11) is 0. The lowest BCUT2D eigenvalue weighted by atomic mass is 9.93. The molecule has 2 aromatic heterocycles. The summed E-state index contributed by atoms with van der Waals surface area (Å²) < 4.78 is 13.2. The number of carbonyl (C=O) groups is 1. The third-order valence-corrected chi connectivity index (χ3v) is 6.10. The molecule has 1 saturated heterocycles. The number of hydrogen-bond acceptors (Lipinski definition) is 5. The van der Waals surface area contributed by atoms with Gasteiger partial charge in [0.2, 0.25) is 5.91 Å². The normalized spacial score (nSPS) is 16.2. The van der Waals surface area contributed by atoms with Crippen LogP contribution in [0.25, 0.3) is 22.4 Å². The van der Waals surface area contributed by atoms with Crippen molar-refractivity contribution in [3.8, 4) is 11.4 Å². The molecule has 6 nitrogen and oxygen atoms in total. The SMILES string of the molecule is Nc1nc(-c2ccccc2)nc2nc([C@@H]3CCCN(C(=O)Cc4ccc(F)cc4)C3)ccc12. The van der Waals surface area contributed by atoms with E-state index in [9.17, 15) is 9.18 Å². The van der Waals surface area contributed by atoms with Crippen molar-refractivity contribution in [3.63, 3.8) is 0 Å². The molecule has 0 bridgehead atoms. The fraction of sp³-hybridized carbons (Fsp3) is 0.231. The highest BCUT2D eigenvalue weighted by atomic mass is 19.1. The Morgan fingerprint density at radius 3 is 2.58 bits per heavy atom. The van der Waals surface area contributed by atoms with E-state index >= 15 is 0 Å². The number of rotatable bonds is 4. The lowest BCUT2D eigenvalue weighted by Gasteiger charge is -2.32. The van der Waals surface area contributed by atoms with Crippen LogP contribution < -0.4 is 5.73 Å². The van der Waals surface area contributed by atoms with Crippen LogP contribution in [-0.2, 0) is 11.2 Å². The molecule has 1 fully saturated rings. The van der Waals surface area contributed by atoms with E-state index in [-0.39, 0.29) is 24.1 Å². The molecule has 1 aliphatic heterocycles. The quantitative estimate of drug-likeness (QED) is 0.509. The fourth-order valence-electron chi connectivity index (χ4n) is 4.33. The van der Waals surface area contributed by atoms with Crippen LogP contribution >= 0.6 is 0 Å². The molecule has 4 aromatic rings. The number of likely N-dealkylation sites (tertiary alicyclic amines) is 1. The predicted octanol–water partition coefficient (Wildman–Crippen LogP) is 4.36. The molecule has 0 spiro atoms. The van der Waals surface area contributed by atoms with Crippen LogP contribution in [-0.4, -0.2) is 38.8 Å². The smallest absolute Gasteiger partial charge is 0.227 e. The number of pyridine rings is 1. The Bertz CT molecular complexity index is 1290. The summed E-state index contributed by atoms with van der Waals surface area (Å²) in [4.78, 5) is 28.7. The highest BCUT2D eigenvalue weighted by Crippen LogP contribution is 2.29. The Morgan fingerprint density at radius 1 is 1.00 bits per heavy atom. The zero-order valence-corrected chi connectivity index (χ0v) is 18.1. The molecule has 2 N–H and O–H groups in total. The summed E-state index contributed by atoms with van der Waals surface area (Å²) in [5, 5.41) is 0.721. The van der Waals surface area contributed by atoms with Gasteiger partial charge in [-0.2, -0.15) is 0 Å². The molecule has 7 heteroatoms. The number of amides is 1. The first-order valence-electron chi connectivity index (χ1n) is 11.1. The van der Waals surface area contributed by atoms with Crippen LogP contribution in [0.3, 0.4) is 0 Å².